The van der Waals surface area contributed by atoms with Crippen LogP contribution in [-0.2, 0) is 19.8 Å². The third-order valence-electron chi connectivity index (χ3n) is 3.90. The van der Waals surface area contributed by atoms with E-state index in [0.29, 0.717) is 12.2 Å². The van der Waals surface area contributed by atoms with Gasteiger partial charge in [0.25, 0.3) is 5.91 Å². The fourth-order valence-electron chi connectivity index (χ4n) is 2.51. The molecule has 0 aliphatic heterocycles. The lowest BCUT2D eigenvalue weighted by Gasteiger charge is -2.17. The molecule has 0 aliphatic carbocycles. The maximum atomic E-state index is 12.6. The van der Waals surface area contributed by atoms with E-state index in [1.54, 1.807) is 35.1 Å². The predicted octanol–water partition coefficient (Wildman–Crippen LogP) is 3.17. The van der Waals surface area contributed by atoms with Gasteiger partial charge in [-0.25, -0.2) is 4.68 Å². The largest absolute Gasteiger partial charge is 0.471 e. The Balaban J connectivity index is 1.62. The minimum absolute atomic E-state index is 0.154. The molecule has 1 aromatic carbocycles. The normalized spacial score (nSPS) is 10.7. The molecule has 8 heteroatoms. The summed E-state index contributed by atoms with van der Waals surface area (Å²) in [5, 5.41) is 8.58. The molecule has 2 aromatic heterocycles. The highest BCUT2D eigenvalue weighted by Crippen LogP contribution is 2.18. The molecule has 7 nitrogen and oxygen atoms in total. The second-order valence-electron chi connectivity index (χ2n) is 5.74. The van der Waals surface area contributed by atoms with Gasteiger partial charge in [0.05, 0.1) is 22.9 Å². The van der Waals surface area contributed by atoms with Crippen molar-refractivity contribution in [3.8, 4) is 5.75 Å². The van der Waals surface area contributed by atoms with E-state index in [1.807, 2.05) is 41.9 Å². The molecule has 0 saturated heterocycles. The number of carbonyl (C=O) groups is 1. The first-order valence-corrected chi connectivity index (χ1v) is 9.04. The zero-order valence-electron chi connectivity index (χ0n) is 14.7. The van der Waals surface area contributed by atoms with Gasteiger partial charge in [0.2, 0.25) is 0 Å². The molecule has 0 unspecified atom stereocenters. The van der Waals surface area contributed by atoms with Crippen molar-refractivity contribution in [1.82, 2.24) is 24.5 Å². The van der Waals surface area contributed by atoms with Crippen molar-refractivity contribution in [2.24, 2.45) is 0 Å². The van der Waals surface area contributed by atoms with E-state index in [1.165, 1.54) is 0 Å². The van der Waals surface area contributed by atoms with Crippen molar-refractivity contribution in [3.05, 3.63) is 64.7 Å². The lowest BCUT2D eigenvalue weighted by Crippen LogP contribution is -2.28. The number of amides is 1. The molecule has 0 bridgehead atoms. The van der Waals surface area contributed by atoms with Gasteiger partial charge in [-0.15, -0.1) is 0 Å². The SMILES string of the molecule is CCn1ncc(Br)c1CN(C)C(=O)c1ccn(COc2ccccc2)n1. The van der Waals surface area contributed by atoms with Gasteiger partial charge in [0.15, 0.2) is 12.4 Å². The molecular formula is C18H20BrN5O2. The van der Waals surface area contributed by atoms with Crippen LogP contribution < -0.4 is 4.74 Å². The van der Waals surface area contributed by atoms with E-state index in [9.17, 15) is 4.79 Å². The molecule has 0 saturated carbocycles. The number of aromatic nitrogens is 4. The maximum Gasteiger partial charge on any atom is 0.274 e. The minimum atomic E-state index is -0.154. The summed E-state index contributed by atoms with van der Waals surface area (Å²) in [6.07, 6.45) is 3.48. The molecule has 3 rings (SSSR count). The highest BCUT2D eigenvalue weighted by Gasteiger charge is 2.18. The van der Waals surface area contributed by atoms with Crippen LogP contribution in [0.3, 0.4) is 0 Å². The zero-order valence-corrected chi connectivity index (χ0v) is 16.3. The molecule has 0 aliphatic rings. The number of para-hydroxylation sites is 1. The Morgan fingerprint density at radius 2 is 2.04 bits per heavy atom. The lowest BCUT2D eigenvalue weighted by atomic mass is 10.3. The fraction of sp³-hybridized carbons (Fsp3) is 0.278. The average Bonchev–Trinajstić information content (AvgIpc) is 3.27. The van der Waals surface area contributed by atoms with Gasteiger partial charge < -0.3 is 9.64 Å². The highest BCUT2D eigenvalue weighted by molar-refractivity contribution is 9.10. The number of aryl methyl sites for hydroxylation is 1. The smallest absolute Gasteiger partial charge is 0.274 e. The Hall–Kier alpha value is -2.61. The second-order valence-corrected chi connectivity index (χ2v) is 6.60. The first-order chi connectivity index (χ1) is 12.6. The highest BCUT2D eigenvalue weighted by atomic mass is 79.9. The molecule has 1 amide bonds. The topological polar surface area (TPSA) is 65.2 Å². The van der Waals surface area contributed by atoms with Gasteiger partial charge in [-0.05, 0) is 41.1 Å². The summed E-state index contributed by atoms with van der Waals surface area (Å²) >= 11 is 3.48. The summed E-state index contributed by atoms with van der Waals surface area (Å²) in [5.41, 5.74) is 1.33. The molecule has 0 spiro atoms. The zero-order chi connectivity index (χ0) is 18.5. The Morgan fingerprint density at radius 1 is 1.27 bits per heavy atom. The first-order valence-electron chi connectivity index (χ1n) is 8.25. The van der Waals surface area contributed by atoms with Crippen LogP contribution in [0.2, 0.25) is 0 Å². The molecule has 0 radical (unpaired) electrons. The van der Waals surface area contributed by atoms with E-state index >= 15 is 0 Å². The number of carbonyl (C=O) groups excluding carboxylic acids is 1. The number of rotatable bonds is 7. The number of benzene rings is 1. The number of hydrogen-bond donors (Lipinski definition) is 0. The Labute approximate surface area is 160 Å². The van der Waals surface area contributed by atoms with Gasteiger partial charge >= 0.3 is 0 Å². The number of hydrogen-bond acceptors (Lipinski definition) is 4. The van der Waals surface area contributed by atoms with Crippen molar-refractivity contribution in [2.75, 3.05) is 7.05 Å². The summed E-state index contributed by atoms with van der Waals surface area (Å²) in [4.78, 5) is 14.3. The summed E-state index contributed by atoms with van der Waals surface area (Å²) in [7, 11) is 1.75. The molecular weight excluding hydrogens is 398 g/mol. The van der Waals surface area contributed by atoms with Gasteiger partial charge in [0, 0.05) is 19.8 Å². The van der Waals surface area contributed by atoms with Gasteiger partial charge in [-0.3, -0.25) is 9.48 Å². The summed E-state index contributed by atoms with van der Waals surface area (Å²) < 4.78 is 9.98. The summed E-state index contributed by atoms with van der Waals surface area (Å²) in [5.74, 6) is 0.602. The van der Waals surface area contributed by atoms with Crippen LogP contribution in [0.15, 0.2) is 53.3 Å². The Morgan fingerprint density at radius 3 is 2.77 bits per heavy atom. The average molecular weight is 418 g/mol. The fourth-order valence-corrected chi connectivity index (χ4v) is 2.94. The third-order valence-corrected chi connectivity index (χ3v) is 4.56. The monoisotopic (exact) mass is 417 g/mol. The van der Waals surface area contributed by atoms with Crippen molar-refractivity contribution < 1.29 is 9.53 Å². The molecule has 0 atom stereocenters. The Bertz CT molecular complexity index is 875. The number of halogens is 1. The Kier molecular flexibility index (Phi) is 5.72. The van der Waals surface area contributed by atoms with Crippen molar-refractivity contribution >= 4 is 21.8 Å². The number of ether oxygens (including phenoxy) is 1. The van der Waals surface area contributed by atoms with Crippen molar-refractivity contribution in [2.45, 2.75) is 26.7 Å². The summed E-state index contributed by atoms with van der Waals surface area (Å²) in [6, 6.07) is 11.2. The van der Waals surface area contributed by atoms with E-state index < -0.39 is 0 Å². The van der Waals surface area contributed by atoms with Crippen molar-refractivity contribution in [1.29, 1.82) is 0 Å². The van der Waals surface area contributed by atoms with Gasteiger partial charge in [-0.2, -0.15) is 10.2 Å². The van der Waals surface area contributed by atoms with Gasteiger partial charge in [0.1, 0.15) is 5.75 Å². The molecule has 0 N–H and O–H groups in total. The molecule has 2 heterocycles. The van der Waals surface area contributed by atoms with Gasteiger partial charge in [-0.1, -0.05) is 18.2 Å². The van der Waals surface area contributed by atoms with Crippen LogP contribution in [-0.4, -0.2) is 37.4 Å². The van der Waals surface area contributed by atoms with Crippen LogP contribution in [0.1, 0.15) is 23.1 Å². The van der Waals surface area contributed by atoms with E-state index in [-0.39, 0.29) is 12.6 Å². The maximum absolute atomic E-state index is 12.6. The molecule has 0 fully saturated rings. The van der Waals surface area contributed by atoms with Crippen LogP contribution >= 0.6 is 15.9 Å². The lowest BCUT2D eigenvalue weighted by molar-refractivity contribution is 0.0773. The van der Waals surface area contributed by atoms with Crippen LogP contribution in [0.5, 0.6) is 5.75 Å². The van der Waals surface area contributed by atoms with Crippen LogP contribution in [0.25, 0.3) is 0 Å². The predicted molar refractivity (Wildman–Crippen MR) is 101 cm³/mol. The molecule has 136 valence electrons. The molecule has 3 aromatic rings. The number of nitrogens with zero attached hydrogens (tertiary/aromatic N) is 5. The van der Waals surface area contributed by atoms with Crippen LogP contribution in [0.4, 0.5) is 0 Å². The third kappa shape index (κ3) is 4.13. The van der Waals surface area contributed by atoms with E-state index in [4.69, 9.17) is 4.74 Å². The van der Waals surface area contributed by atoms with Crippen molar-refractivity contribution in [3.63, 3.8) is 0 Å². The van der Waals surface area contributed by atoms with E-state index in [2.05, 4.69) is 26.1 Å². The molecule has 26 heavy (non-hydrogen) atoms. The minimum Gasteiger partial charge on any atom is -0.471 e. The standard InChI is InChI=1S/C18H20BrN5O2/c1-3-24-17(15(19)11-20-24)12-22(2)18(25)16-9-10-23(21-16)13-26-14-7-5-4-6-8-14/h4-11H,3,12-13H2,1-2H3. The quantitative estimate of drug-likeness (QED) is 0.591. The van der Waals surface area contributed by atoms with E-state index in [0.717, 1.165) is 22.5 Å². The summed E-state index contributed by atoms with van der Waals surface area (Å²) in [6.45, 7) is 3.45. The van der Waals surface area contributed by atoms with Crippen LogP contribution in [0, 0.1) is 0 Å². The first kappa shape index (κ1) is 18.2. The second kappa shape index (κ2) is 8.18.